The number of carbonyl (C=O) groups excluding carboxylic acids is 1. The van der Waals surface area contributed by atoms with E-state index < -0.39 is 18.1 Å². The number of rotatable bonds is 5. The SMILES string of the molecule is CCCOc1ccc(CNC(=O)N2CCCC(C(F)(F)F)C2)cn1. The van der Waals surface area contributed by atoms with Gasteiger partial charge in [-0.2, -0.15) is 13.2 Å². The van der Waals surface area contributed by atoms with Gasteiger partial charge in [0, 0.05) is 31.9 Å². The van der Waals surface area contributed by atoms with E-state index in [9.17, 15) is 18.0 Å². The molecule has 0 bridgehead atoms. The first-order valence-corrected chi connectivity index (χ1v) is 8.07. The van der Waals surface area contributed by atoms with Crippen LogP contribution in [0.5, 0.6) is 5.88 Å². The maximum atomic E-state index is 12.8. The van der Waals surface area contributed by atoms with Crippen molar-refractivity contribution in [2.75, 3.05) is 19.7 Å². The van der Waals surface area contributed by atoms with Crippen molar-refractivity contribution in [3.63, 3.8) is 0 Å². The van der Waals surface area contributed by atoms with Gasteiger partial charge in [-0.1, -0.05) is 13.0 Å². The Balaban J connectivity index is 1.82. The first kappa shape index (κ1) is 18.4. The summed E-state index contributed by atoms with van der Waals surface area (Å²) in [5.41, 5.74) is 0.761. The molecule has 1 aromatic rings. The van der Waals surface area contributed by atoms with Crippen LogP contribution in [0.15, 0.2) is 18.3 Å². The van der Waals surface area contributed by atoms with E-state index in [0.29, 0.717) is 25.5 Å². The monoisotopic (exact) mass is 345 g/mol. The minimum Gasteiger partial charge on any atom is -0.478 e. The molecule has 0 aliphatic carbocycles. The first-order valence-electron chi connectivity index (χ1n) is 8.07. The Hall–Kier alpha value is -1.99. The fourth-order valence-electron chi connectivity index (χ4n) is 2.53. The van der Waals surface area contributed by atoms with Crippen LogP contribution < -0.4 is 10.1 Å². The molecule has 1 fully saturated rings. The number of aromatic nitrogens is 1. The summed E-state index contributed by atoms with van der Waals surface area (Å²) in [5, 5.41) is 2.64. The molecule has 24 heavy (non-hydrogen) atoms. The molecule has 0 radical (unpaired) electrons. The third kappa shape index (κ3) is 5.28. The fraction of sp³-hybridized carbons (Fsp3) is 0.625. The van der Waals surface area contributed by atoms with Crippen molar-refractivity contribution in [3.8, 4) is 5.88 Å². The normalized spacial score (nSPS) is 18.3. The highest BCUT2D eigenvalue weighted by atomic mass is 19.4. The number of hydrogen-bond donors (Lipinski definition) is 1. The Kier molecular flexibility index (Phi) is 6.28. The highest BCUT2D eigenvalue weighted by Gasteiger charge is 2.42. The number of alkyl halides is 3. The average Bonchev–Trinajstić information content (AvgIpc) is 2.58. The highest BCUT2D eigenvalue weighted by molar-refractivity contribution is 5.74. The van der Waals surface area contributed by atoms with Gasteiger partial charge in [0.05, 0.1) is 12.5 Å². The van der Waals surface area contributed by atoms with Gasteiger partial charge in [-0.15, -0.1) is 0 Å². The quantitative estimate of drug-likeness (QED) is 0.890. The van der Waals surface area contributed by atoms with Gasteiger partial charge in [0.25, 0.3) is 0 Å². The van der Waals surface area contributed by atoms with Crippen LogP contribution in [0.2, 0.25) is 0 Å². The van der Waals surface area contributed by atoms with Gasteiger partial charge >= 0.3 is 12.2 Å². The van der Waals surface area contributed by atoms with Crippen molar-refractivity contribution in [2.45, 2.75) is 38.9 Å². The van der Waals surface area contributed by atoms with Crippen LogP contribution in [-0.4, -0.2) is 41.8 Å². The van der Waals surface area contributed by atoms with E-state index in [4.69, 9.17) is 4.74 Å². The van der Waals surface area contributed by atoms with Gasteiger partial charge in [-0.25, -0.2) is 9.78 Å². The highest BCUT2D eigenvalue weighted by Crippen LogP contribution is 2.33. The second-order valence-corrected chi connectivity index (χ2v) is 5.84. The average molecular weight is 345 g/mol. The molecule has 1 aromatic heterocycles. The summed E-state index contributed by atoms with van der Waals surface area (Å²) < 4.78 is 43.7. The predicted molar refractivity (Wildman–Crippen MR) is 82.6 cm³/mol. The number of piperidine rings is 1. The summed E-state index contributed by atoms with van der Waals surface area (Å²) in [6.45, 7) is 2.86. The molecule has 8 heteroatoms. The number of pyridine rings is 1. The summed E-state index contributed by atoms with van der Waals surface area (Å²) in [6.07, 6.45) is -1.34. The topological polar surface area (TPSA) is 54.5 Å². The zero-order chi connectivity index (χ0) is 17.6. The second kappa shape index (κ2) is 8.21. The largest absolute Gasteiger partial charge is 0.478 e. The third-order valence-corrected chi connectivity index (χ3v) is 3.87. The van der Waals surface area contributed by atoms with E-state index in [1.807, 2.05) is 6.92 Å². The zero-order valence-corrected chi connectivity index (χ0v) is 13.6. The van der Waals surface area contributed by atoms with Gasteiger partial charge in [-0.3, -0.25) is 0 Å². The van der Waals surface area contributed by atoms with E-state index in [2.05, 4.69) is 10.3 Å². The smallest absolute Gasteiger partial charge is 0.393 e. The van der Waals surface area contributed by atoms with Crippen molar-refractivity contribution in [1.29, 1.82) is 0 Å². The van der Waals surface area contributed by atoms with Gasteiger partial charge < -0.3 is 15.0 Å². The minimum absolute atomic E-state index is 0.0798. The summed E-state index contributed by atoms with van der Waals surface area (Å²) in [5.74, 6) is -0.926. The lowest BCUT2D eigenvalue weighted by Gasteiger charge is -2.33. The van der Waals surface area contributed by atoms with E-state index >= 15 is 0 Å². The Labute approximate surface area is 139 Å². The molecule has 0 saturated carbocycles. The Morgan fingerprint density at radius 1 is 1.46 bits per heavy atom. The molecule has 2 amide bonds. The molecule has 2 rings (SSSR count). The third-order valence-electron chi connectivity index (χ3n) is 3.87. The molecule has 2 heterocycles. The maximum absolute atomic E-state index is 12.8. The van der Waals surface area contributed by atoms with E-state index in [-0.39, 0.29) is 19.5 Å². The van der Waals surface area contributed by atoms with Crippen molar-refractivity contribution in [1.82, 2.24) is 15.2 Å². The van der Waals surface area contributed by atoms with Gasteiger partial charge in [0.15, 0.2) is 0 Å². The summed E-state index contributed by atoms with van der Waals surface area (Å²) in [7, 11) is 0. The van der Waals surface area contributed by atoms with Crippen molar-refractivity contribution in [2.24, 2.45) is 5.92 Å². The van der Waals surface area contributed by atoms with Gasteiger partial charge in [-0.05, 0) is 24.8 Å². The summed E-state index contributed by atoms with van der Waals surface area (Å²) in [6, 6.07) is 3.00. The Bertz CT molecular complexity index is 534. The van der Waals surface area contributed by atoms with Crippen LogP contribution in [0.4, 0.5) is 18.0 Å². The summed E-state index contributed by atoms with van der Waals surface area (Å²) >= 11 is 0. The molecule has 1 N–H and O–H groups in total. The standard InChI is InChI=1S/C16H22F3N3O2/c1-2-8-24-14-6-5-12(9-20-14)10-21-15(23)22-7-3-4-13(11-22)16(17,18)19/h5-6,9,13H,2-4,7-8,10-11H2,1H3,(H,21,23). The first-order chi connectivity index (χ1) is 11.4. The lowest BCUT2D eigenvalue weighted by atomic mass is 9.98. The molecular weight excluding hydrogens is 323 g/mol. The molecule has 134 valence electrons. The molecule has 1 aliphatic heterocycles. The molecule has 1 aliphatic rings. The Morgan fingerprint density at radius 2 is 2.25 bits per heavy atom. The maximum Gasteiger partial charge on any atom is 0.393 e. The minimum atomic E-state index is -4.25. The van der Waals surface area contributed by atoms with E-state index in [0.717, 1.165) is 12.0 Å². The van der Waals surface area contributed by atoms with Crippen LogP contribution in [0.1, 0.15) is 31.7 Å². The predicted octanol–water partition coefficient (Wildman–Crippen LogP) is 3.35. The number of hydrogen-bond acceptors (Lipinski definition) is 3. The Morgan fingerprint density at radius 3 is 2.88 bits per heavy atom. The number of carbonyl (C=O) groups is 1. The number of ether oxygens (including phenoxy) is 1. The molecule has 1 atom stereocenters. The van der Waals surface area contributed by atoms with Crippen molar-refractivity contribution in [3.05, 3.63) is 23.9 Å². The van der Waals surface area contributed by atoms with Crippen molar-refractivity contribution >= 4 is 6.03 Å². The number of halogens is 3. The number of urea groups is 1. The summed E-state index contributed by atoms with van der Waals surface area (Å²) in [4.78, 5) is 17.4. The molecule has 1 unspecified atom stereocenters. The molecule has 1 saturated heterocycles. The zero-order valence-electron chi connectivity index (χ0n) is 13.6. The molecular formula is C16H22F3N3O2. The molecule has 0 aromatic carbocycles. The number of amides is 2. The van der Waals surface area contributed by atoms with Crippen LogP contribution in [0, 0.1) is 5.92 Å². The van der Waals surface area contributed by atoms with Crippen LogP contribution in [0.3, 0.4) is 0 Å². The van der Waals surface area contributed by atoms with Gasteiger partial charge in [0.2, 0.25) is 5.88 Å². The lowest BCUT2D eigenvalue weighted by molar-refractivity contribution is -0.184. The molecule has 0 spiro atoms. The molecule has 5 nitrogen and oxygen atoms in total. The second-order valence-electron chi connectivity index (χ2n) is 5.84. The number of nitrogens with zero attached hydrogens (tertiary/aromatic N) is 2. The van der Waals surface area contributed by atoms with Gasteiger partial charge in [0.1, 0.15) is 0 Å². The lowest BCUT2D eigenvalue weighted by Crippen LogP contribution is -2.48. The van der Waals surface area contributed by atoms with Crippen LogP contribution >= 0.6 is 0 Å². The van der Waals surface area contributed by atoms with E-state index in [1.165, 1.54) is 4.90 Å². The van der Waals surface area contributed by atoms with Crippen LogP contribution in [0.25, 0.3) is 0 Å². The number of nitrogens with one attached hydrogen (secondary N) is 1. The fourth-order valence-corrected chi connectivity index (χ4v) is 2.53. The van der Waals surface area contributed by atoms with E-state index in [1.54, 1.807) is 18.3 Å². The number of likely N-dealkylation sites (tertiary alicyclic amines) is 1. The van der Waals surface area contributed by atoms with Crippen LogP contribution in [-0.2, 0) is 6.54 Å². The van der Waals surface area contributed by atoms with Crippen molar-refractivity contribution < 1.29 is 22.7 Å².